The number of ether oxygens (including phenoxy) is 1. The molecule has 8 heteroatoms. The summed E-state index contributed by atoms with van der Waals surface area (Å²) in [6.07, 6.45) is 5.90. The first-order chi connectivity index (χ1) is 19.1. The molecule has 0 aliphatic rings. The van der Waals surface area contributed by atoms with Crippen LogP contribution in [0.25, 0.3) is 6.08 Å². The fraction of sp³-hybridized carbons (Fsp3) is 0.469. The predicted octanol–water partition coefficient (Wildman–Crippen LogP) is 6.31. The van der Waals surface area contributed by atoms with Crippen LogP contribution in [0.4, 0.5) is 4.79 Å². The summed E-state index contributed by atoms with van der Waals surface area (Å²) in [5.74, 6) is -0.641. The molecule has 0 aromatic heterocycles. The van der Waals surface area contributed by atoms with Crippen molar-refractivity contribution in [3.8, 4) is 0 Å². The van der Waals surface area contributed by atoms with Crippen LogP contribution in [-0.2, 0) is 20.9 Å². The Morgan fingerprint density at radius 3 is 2.35 bits per heavy atom. The summed E-state index contributed by atoms with van der Waals surface area (Å²) < 4.78 is 5.39. The number of benzene rings is 2. The second-order valence-electron chi connectivity index (χ2n) is 10.8. The molecule has 3 amide bonds. The Labute approximate surface area is 245 Å². The second-order valence-corrected chi connectivity index (χ2v) is 11.2. The summed E-state index contributed by atoms with van der Waals surface area (Å²) in [4.78, 5) is 42.1. The third-order valence-corrected chi connectivity index (χ3v) is 6.65. The average molecular weight is 568 g/mol. The molecule has 0 bridgehead atoms. The molecular formula is C32H45N3O4S. The number of rotatable bonds is 15. The molecule has 0 aliphatic heterocycles. The maximum absolute atomic E-state index is 14.1. The van der Waals surface area contributed by atoms with Gasteiger partial charge in [0, 0.05) is 18.8 Å². The van der Waals surface area contributed by atoms with E-state index in [2.05, 4.69) is 36.8 Å². The third-order valence-electron chi connectivity index (χ3n) is 6.29. The molecule has 0 saturated heterocycles. The second kappa shape index (κ2) is 16.8. The summed E-state index contributed by atoms with van der Waals surface area (Å²) in [5, 5.41) is 5.68. The number of carbonyl (C=O) groups is 3. The van der Waals surface area contributed by atoms with Gasteiger partial charge in [-0.05, 0) is 49.9 Å². The van der Waals surface area contributed by atoms with Crippen molar-refractivity contribution in [2.24, 2.45) is 0 Å². The number of alkyl carbamates (subject to hydrolysis) is 1. The summed E-state index contributed by atoms with van der Waals surface area (Å²) in [6, 6.07) is 15.2. The third kappa shape index (κ3) is 11.1. The van der Waals surface area contributed by atoms with Crippen LogP contribution in [0.2, 0.25) is 0 Å². The van der Waals surface area contributed by atoms with Crippen molar-refractivity contribution in [2.75, 3.05) is 12.3 Å². The van der Waals surface area contributed by atoms with E-state index in [0.29, 0.717) is 18.7 Å². The van der Waals surface area contributed by atoms with E-state index in [1.807, 2.05) is 54.6 Å². The number of amides is 3. The zero-order chi connectivity index (χ0) is 29.5. The van der Waals surface area contributed by atoms with E-state index in [1.165, 1.54) is 0 Å². The Morgan fingerprint density at radius 1 is 1.02 bits per heavy atom. The molecule has 2 rings (SSSR count). The van der Waals surface area contributed by atoms with Crippen LogP contribution in [0.15, 0.2) is 61.2 Å². The number of thiol groups is 1. The van der Waals surface area contributed by atoms with Crippen molar-refractivity contribution in [3.63, 3.8) is 0 Å². The normalized spacial score (nSPS) is 12.6. The summed E-state index contributed by atoms with van der Waals surface area (Å²) in [5.41, 5.74) is 1.73. The van der Waals surface area contributed by atoms with Crippen molar-refractivity contribution in [2.45, 2.75) is 84.0 Å². The first kappa shape index (κ1) is 32.9. The lowest BCUT2D eigenvalue weighted by atomic mass is 9.99. The highest BCUT2D eigenvalue weighted by atomic mass is 32.1. The molecule has 0 fully saturated rings. The van der Waals surface area contributed by atoms with Gasteiger partial charge in [0.15, 0.2) is 0 Å². The van der Waals surface area contributed by atoms with Gasteiger partial charge in [0.1, 0.15) is 17.7 Å². The highest BCUT2D eigenvalue weighted by molar-refractivity contribution is 7.80. The minimum Gasteiger partial charge on any atom is -0.444 e. The number of nitrogens with one attached hydrogen (secondary N) is 2. The van der Waals surface area contributed by atoms with Crippen molar-refractivity contribution in [1.82, 2.24) is 15.5 Å². The van der Waals surface area contributed by atoms with E-state index in [1.54, 1.807) is 31.7 Å². The fourth-order valence-electron chi connectivity index (χ4n) is 4.30. The molecule has 2 N–H and O–H groups in total. The molecule has 0 heterocycles. The number of hydrogen-bond acceptors (Lipinski definition) is 5. The number of unbranched alkanes of at least 4 members (excludes halogenated alkanes) is 4. The van der Waals surface area contributed by atoms with E-state index in [-0.39, 0.29) is 17.6 Å². The largest absolute Gasteiger partial charge is 0.444 e. The van der Waals surface area contributed by atoms with E-state index in [4.69, 9.17) is 4.74 Å². The molecule has 0 aliphatic carbocycles. The standard InChI is InChI=1S/C32H45N3O4S/c1-6-8-9-10-14-20-35(30(37)27(23-40)34-31(38)39-32(3,4)5)28(26-19-15-18-24(7-2)21-26)29(36)33-22-25-16-12-11-13-17-25/h7,11-13,15-19,21,27-28,40H,2,6,8-10,14,20,22-23H2,1,3-5H3,(H,33,36)(H,34,38). The molecule has 0 saturated carbocycles. The van der Waals surface area contributed by atoms with Gasteiger partial charge in [-0.1, -0.05) is 93.8 Å². The van der Waals surface area contributed by atoms with Crippen molar-refractivity contribution < 1.29 is 19.1 Å². The topological polar surface area (TPSA) is 87.7 Å². The Hall–Kier alpha value is -3.26. The molecule has 2 unspecified atom stereocenters. The quantitative estimate of drug-likeness (QED) is 0.174. The van der Waals surface area contributed by atoms with Gasteiger partial charge in [-0.2, -0.15) is 12.6 Å². The van der Waals surface area contributed by atoms with E-state index >= 15 is 0 Å². The first-order valence-corrected chi connectivity index (χ1v) is 14.7. The van der Waals surface area contributed by atoms with Gasteiger partial charge in [0.25, 0.3) is 0 Å². The molecule has 0 spiro atoms. The van der Waals surface area contributed by atoms with Crippen LogP contribution in [0, 0.1) is 0 Å². The van der Waals surface area contributed by atoms with Crippen molar-refractivity contribution in [1.29, 1.82) is 0 Å². The molecular weight excluding hydrogens is 522 g/mol. The Kier molecular flexibility index (Phi) is 13.8. The van der Waals surface area contributed by atoms with Crippen LogP contribution in [0.5, 0.6) is 0 Å². The van der Waals surface area contributed by atoms with Crippen molar-refractivity contribution in [3.05, 3.63) is 77.9 Å². The highest BCUT2D eigenvalue weighted by Crippen LogP contribution is 2.25. The average Bonchev–Trinajstić information content (AvgIpc) is 2.93. The van der Waals surface area contributed by atoms with Crippen molar-refractivity contribution >= 4 is 36.6 Å². The SMILES string of the molecule is C=Cc1cccc(C(C(=O)NCc2ccccc2)N(CCCCCCC)C(=O)C(CS)NC(=O)OC(C)(C)C)c1. The van der Waals surface area contributed by atoms with E-state index in [9.17, 15) is 14.4 Å². The van der Waals surface area contributed by atoms with E-state index < -0.39 is 23.8 Å². The van der Waals surface area contributed by atoms with Gasteiger partial charge >= 0.3 is 6.09 Å². The van der Waals surface area contributed by atoms with Crippen LogP contribution < -0.4 is 10.6 Å². The Morgan fingerprint density at radius 2 is 1.73 bits per heavy atom. The molecule has 2 atom stereocenters. The molecule has 40 heavy (non-hydrogen) atoms. The van der Waals surface area contributed by atoms with Crippen LogP contribution in [-0.4, -0.2) is 46.7 Å². The van der Waals surface area contributed by atoms with Gasteiger partial charge in [0.2, 0.25) is 11.8 Å². The molecule has 218 valence electrons. The first-order valence-electron chi connectivity index (χ1n) is 14.0. The monoisotopic (exact) mass is 567 g/mol. The highest BCUT2D eigenvalue weighted by Gasteiger charge is 2.35. The van der Waals surface area contributed by atoms with Crippen LogP contribution >= 0.6 is 12.6 Å². The maximum Gasteiger partial charge on any atom is 0.408 e. The molecule has 0 radical (unpaired) electrons. The number of nitrogens with zero attached hydrogens (tertiary/aromatic N) is 1. The van der Waals surface area contributed by atoms with Gasteiger partial charge < -0.3 is 20.3 Å². The lowest BCUT2D eigenvalue weighted by Gasteiger charge is -2.34. The van der Waals surface area contributed by atoms with Gasteiger partial charge in [-0.25, -0.2) is 4.79 Å². The van der Waals surface area contributed by atoms with Gasteiger partial charge in [-0.3, -0.25) is 9.59 Å². The summed E-state index contributed by atoms with van der Waals surface area (Å²) in [6.45, 7) is 12.0. The number of carbonyl (C=O) groups excluding carboxylic acids is 3. The Balaban J connectivity index is 2.43. The molecule has 7 nitrogen and oxygen atoms in total. The fourth-order valence-corrected chi connectivity index (χ4v) is 4.55. The summed E-state index contributed by atoms with van der Waals surface area (Å²) >= 11 is 4.37. The minimum atomic E-state index is -0.971. The molecule has 2 aromatic carbocycles. The maximum atomic E-state index is 14.1. The lowest BCUT2D eigenvalue weighted by molar-refractivity contribution is -0.142. The zero-order valence-corrected chi connectivity index (χ0v) is 25.2. The smallest absolute Gasteiger partial charge is 0.408 e. The van der Waals surface area contributed by atoms with Crippen LogP contribution in [0.3, 0.4) is 0 Å². The predicted molar refractivity (Wildman–Crippen MR) is 165 cm³/mol. The number of hydrogen-bond donors (Lipinski definition) is 3. The van der Waals surface area contributed by atoms with Gasteiger partial charge in [-0.15, -0.1) is 0 Å². The van der Waals surface area contributed by atoms with Gasteiger partial charge in [0.05, 0.1) is 0 Å². The lowest BCUT2D eigenvalue weighted by Crippen LogP contribution is -2.54. The zero-order valence-electron chi connectivity index (χ0n) is 24.3. The molecule has 2 aromatic rings. The minimum absolute atomic E-state index is 0.0511. The van der Waals surface area contributed by atoms with Crippen LogP contribution in [0.1, 0.15) is 82.5 Å². The summed E-state index contributed by atoms with van der Waals surface area (Å²) in [7, 11) is 0. The van der Waals surface area contributed by atoms with E-state index in [0.717, 1.165) is 43.2 Å². The Bertz CT molecular complexity index is 1100.